The number of ether oxygens (including phenoxy) is 1. The zero-order chi connectivity index (χ0) is 22.2. The number of hydrogen-bond donors (Lipinski definition) is 2. The molecule has 1 heterocycles. The summed E-state index contributed by atoms with van der Waals surface area (Å²) in [4.78, 5) is 38.8. The molecule has 8 nitrogen and oxygen atoms in total. The second kappa shape index (κ2) is 10.3. The molecular weight excluding hydrogens is 396 g/mol. The van der Waals surface area contributed by atoms with Crippen LogP contribution >= 0.6 is 0 Å². The summed E-state index contributed by atoms with van der Waals surface area (Å²) >= 11 is 0. The molecule has 3 rings (SSSR count). The Morgan fingerprint density at radius 3 is 2.39 bits per heavy atom. The molecule has 0 saturated carbocycles. The van der Waals surface area contributed by atoms with Crippen molar-refractivity contribution in [3.05, 3.63) is 60.2 Å². The first kappa shape index (κ1) is 21.8. The highest BCUT2D eigenvalue weighted by atomic mass is 16.5. The van der Waals surface area contributed by atoms with Crippen LogP contribution in [0.5, 0.6) is 0 Å². The number of anilines is 2. The van der Waals surface area contributed by atoms with Gasteiger partial charge in [0.25, 0.3) is 5.91 Å². The monoisotopic (exact) mass is 420 g/mol. The standard InChI is InChI=1S/C23H24N4O4/c1-16(21(28)25-20-9-5-6-17(14-20)15-24)31-22(29)18-10-12-27(13-11-18)23(30)26-19-7-3-2-4-8-19/h2-9,14,16,18H,10-13H2,1H3,(H,25,28)(H,26,30). The first-order chi connectivity index (χ1) is 15.0. The Balaban J connectivity index is 1.45. The Labute approximate surface area is 180 Å². The molecule has 1 fully saturated rings. The van der Waals surface area contributed by atoms with Gasteiger partial charge in [-0.25, -0.2) is 4.79 Å². The first-order valence-electron chi connectivity index (χ1n) is 10.1. The number of urea groups is 1. The third-order valence-corrected chi connectivity index (χ3v) is 5.06. The number of amides is 3. The maximum absolute atomic E-state index is 12.5. The second-order valence-corrected chi connectivity index (χ2v) is 7.32. The highest BCUT2D eigenvalue weighted by Crippen LogP contribution is 2.21. The summed E-state index contributed by atoms with van der Waals surface area (Å²) in [5, 5.41) is 14.4. The molecule has 1 aliphatic rings. The number of esters is 1. The van der Waals surface area contributed by atoms with E-state index in [0.717, 1.165) is 0 Å². The summed E-state index contributed by atoms with van der Waals surface area (Å²) in [5.41, 5.74) is 1.60. The number of para-hydroxylation sites is 1. The third kappa shape index (κ3) is 6.06. The van der Waals surface area contributed by atoms with Crippen LogP contribution in [0.25, 0.3) is 0 Å². The fraction of sp³-hybridized carbons (Fsp3) is 0.304. The van der Waals surface area contributed by atoms with Crippen LogP contribution < -0.4 is 10.6 Å². The van der Waals surface area contributed by atoms with Gasteiger partial charge in [0, 0.05) is 24.5 Å². The van der Waals surface area contributed by atoms with Crippen LogP contribution in [0.2, 0.25) is 0 Å². The number of nitrogens with one attached hydrogen (secondary N) is 2. The number of benzene rings is 2. The lowest BCUT2D eigenvalue weighted by Crippen LogP contribution is -2.43. The molecule has 31 heavy (non-hydrogen) atoms. The van der Waals surface area contributed by atoms with Gasteiger partial charge in [-0.15, -0.1) is 0 Å². The van der Waals surface area contributed by atoms with E-state index in [4.69, 9.17) is 10.00 Å². The van der Waals surface area contributed by atoms with Crippen molar-refractivity contribution in [2.45, 2.75) is 25.9 Å². The van der Waals surface area contributed by atoms with Crippen LogP contribution in [0.3, 0.4) is 0 Å². The minimum Gasteiger partial charge on any atom is -0.452 e. The fourth-order valence-electron chi connectivity index (χ4n) is 3.28. The van der Waals surface area contributed by atoms with Crippen molar-refractivity contribution >= 4 is 29.3 Å². The second-order valence-electron chi connectivity index (χ2n) is 7.32. The summed E-state index contributed by atoms with van der Waals surface area (Å²) in [6.07, 6.45) is -0.0308. The van der Waals surface area contributed by atoms with E-state index < -0.39 is 18.0 Å². The Morgan fingerprint density at radius 2 is 1.71 bits per heavy atom. The molecule has 0 aromatic heterocycles. The average molecular weight is 420 g/mol. The number of hydrogen-bond acceptors (Lipinski definition) is 5. The third-order valence-electron chi connectivity index (χ3n) is 5.06. The molecule has 160 valence electrons. The number of piperidine rings is 1. The van der Waals surface area contributed by atoms with Crippen LogP contribution in [0.15, 0.2) is 54.6 Å². The summed E-state index contributed by atoms with van der Waals surface area (Å²) in [7, 11) is 0. The van der Waals surface area contributed by atoms with E-state index >= 15 is 0 Å². The Hall–Kier alpha value is -3.86. The minimum atomic E-state index is -0.974. The van der Waals surface area contributed by atoms with E-state index in [1.165, 1.54) is 6.92 Å². The van der Waals surface area contributed by atoms with E-state index in [9.17, 15) is 14.4 Å². The lowest BCUT2D eigenvalue weighted by molar-refractivity contribution is -0.158. The van der Waals surface area contributed by atoms with Crippen molar-refractivity contribution in [1.82, 2.24) is 4.90 Å². The van der Waals surface area contributed by atoms with E-state index in [2.05, 4.69) is 10.6 Å². The molecule has 0 spiro atoms. The van der Waals surface area contributed by atoms with Gasteiger partial charge >= 0.3 is 12.0 Å². The van der Waals surface area contributed by atoms with Crippen LogP contribution in [0.1, 0.15) is 25.3 Å². The zero-order valence-electron chi connectivity index (χ0n) is 17.2. The van der Waals surface area contributed by atoms with Crippen molar-refractivity contribution in [3.63, 3.8) is 0 Å². The van der Waals surface area contributed by atoms with E-state index in [-0.39, 0.29) is 11.9 Å². The van der Waals surface area contributed by atoms with Gasteiger partial charge in [-0.3, -0.25) is 9.59 Å². The average Bonchev–Trinajstić information content (AvgIpc) is 2.79. The van der Waals surface area contributed by atoms with Crippen molar-refractivity contribution in [2.24, 2.45) is 5.92 Å². The summed E-state index contributed by atoms with van der Waals surface area (Å²) < 4.78 is 5.34. The maximum atomic E-state index is 12.5. The SMILES string of the molecule is CC(OC(=O)C1CCN(C(=O)Nc2ccccc2)CC1)C(=O)Nc1cccc(C#N)c1. The van der Waals surface area contributed by atoms with Gasteiger partial charge in [-0.1, -0.05) is 24.3 Å². The number of rotatable bonds is 5. The zero-order valence-corrected chi connectivity index (χ0v) is 17.2. The molecule has 0 radical (unpaired) electrons. The minimum absolute atomic E-state index is 0.203. The molecule has 2 N–H and O–H groups in total. The topological polar surface area (TPSA) is 112 Å². The number of likely N-dealkylation sites (tertiary alicyclic amines) is 1. The molecule has 0 aliphatic carbocycles. The van der Waals surface area contributed by atoms with Gasteiger partial charge in [0.15, 0.2) is 6.10 Å². The van der Waals surface area contributed by atoms with Gasteiger partial charge in [0.2, 0.25) is 0 Å². The van der Waals surface area contributed by atoms with Crippen LogP contribution in [-0.4, -0.2) is 42.0 Å². The molecule has 3 amide bonds. The summed E-state index contributed by atoms with van der Waals surface area (Å²) in [5.74, 6) is -1.28. The van der Waals surface area contributed by atoms with Gasteiger partial charge < -0.3 is 20.3 Å². The van der Waals surface area contributed by atoms with Gasteiger partial charge in [-0.2, -0.15) is 5.26 Å². The lowest BCUT2D eigenvalue weighted by Gasteiger charge is -2.31. The molecular formula is C23H24N4O4. The van der Waals surface area contributed by atoms with Crippen LogP contribution in [0, 0.1) is 17.2 Å². The Kier molecular flexibility index (Phi) is 7.22. The number of carbonyl (C=O) groups is 3. The smallest absolute Gasteiger partial charge is 0.321 e. The van der Waals surface area contributed by atoms with Crippen molar-refractivity contribution < 1.29 is 19.1 Å². The van der Waals surface area contributed by atoms with E-state index in [0.29, 0.717) is 42.9 Å². The van der Waals surface area contributed by atoms with Crippen molar-refractivity contribution in [1.29, 1.82) is 5.26 Å². The van der Waals surface area contributed by atoms with Crippen LogP contribution in [0.4, 0.5) is 16.2 Å². The molecule has 1 atom stereocenters. The maximum Gasteiger partial charge on any atom is 0.321 e. The molecule has 1 unspecified atom stereocenters. The molecule has 2 aromatic rings. The van der Waals surface area contributed by atoms with Crippen LogP contribution in [-0.2, 0) is 14.3 Å². The number of carbonyl (C=O) groups excluding carboxylic acids is 3. The number of nitriles is 1. The largest absolute Gasteiger partial charge is 0.452 e. The molecule has 8 heteroatoms. The quantitative estimate of drug-likeness (QED) is 0.721. The van der Waals surface area contributed by atoms with E-state index in [1.54, 1.807) is 29.2 Å². The molecule has 1 aliphatic heterocycles. The molecule has 0 bridgehead atoms. The highest BCUT2D eigenvalue weighted by molar-refractivity contribution is 5.95. The van der Waals surface area contributed by atoms with Gasteiger partial charge in [-0.05, 0) is 50.1 Å². The normalized spacial score (nSPS) is 14.8. The molecule has 2 aromatic carbocycles. The van der Waals surface area contributed by atoms with Gasteiger partial charge in [0.05, 0.1) is 17.6 Å². The Bertz CT molecular complexity index is 979. The first-order valence-corrected chi connectivity index (χ1v) is 10.1. The van der Waals surface area contributed by atoms with E-state index in [1.807, 2.05) is 36.4 Å². The van der Waals surface area contributed by atoms with Crippen molar-refractivity contribution in [3.8, 4) is 6.07 Å². The fourth-order valence-corrected chi connectivity index (χ4v) is 3.28. The number of nitrogens with zero attached hydrogens (tertiary/aromatic N) is 2. The predicted octanol–water partition coefficient (Wildman–Crippen LogP) is 3.37. The summed E-state index contributed by atoms with van der Waals surface area (Å²) in [6.45, 7) is 2.36. The Morgan fingerprint density at radius 1 is 1.03 bits per heavy atom. The highest BCUT2D eigenvalue weighted by Gasteiger charge is 2.30. The molecule has 1 saturated heterocycles. The lowest BCUT2D eigenvalue weighted by atomic mass is 9.97. The van der Waals surface area contributed by atoms with Crippen molar-refractivity contribution in [2.75, 3.05) is 23.7 Å². The summed E-state index contributed by atoms with van der Waals surface area (Å²) in [6, 6.07) is 17.5. The van der Waals surface area contributed by atoms with Gasteiger partial charge in [0.1, 0.15) is 0 Å². The predicted molar refractivity (Wildman–Crippen MR) is 115 cm³/mol.